The van der Waals surface area contributed by atoms with Crippen molar-refractivity contribution in [1.29, 1.82) is 0 Å². The van der Waals surface area contributed by atoms with E-state index in [0.717, 1.165) is 26.6 Å². The molecule has 0 fully saturated rings. The van der Waals surface area contributed by atoms with Crippen LogP contribution < -0.4 is 0 Å². The van der Waals surface area contributed by atoms with Crippen molar-refractivity contribution in [3.63, 3.8) is 0 Å². The fraction of sp³-hybridized carbons (Fsp3) is 0.350. The van der Waals surface area contributed by atoms with Crippen LogP contribution in [0.1, 0.15) is 46.1 Å². The lowest BCUT2D eigenvalue weighted by Crippen LogP contribution is -2.38. The van der Waals surface area contributed by atoms with Gasteiger partial charge in [-0.1, -0.05) is 12.1 Å². The summed E-state index contributed by atoms with van der Waals surface area (Å²) in [5.74, 6) is -0.207. The van der Waals surface area contributed by atoms with E-state index in [-0.39, 0.29) is 17.9 Å². The Hall–Kier alpha value is -2.61. The van der Waals surface area contributed by atoms with Gasteiger partial charge >= 0.3 is 0 Å². The highest BCUT2D eigenvalue weighted by Gasteiger charge is 2.30. The molecule has 3 heterocycles. The summed E-state index contributed by atoms with van der Waals surface area (Å²) in [6.45, 7) is 4.87. The lowest BCUT2D eigenvalue weighted by Gasteiger charge is -2.27. The number of H-pyrrole nitrogens is 2. The zero-order valence-electron chi connectivity index (χ0n) is 16.0. The number of carbonyl (C=O) groups is 2. The number of hydrogen-bond donors (Lipinski definition) is 2. The van der Waals surface area contributed by atoms with Gasteiger partial charge in [0, 0.05) is 47.2 Å². The zero-order valence-corrected chi connectivity index (χ0v) is 17.6. The third-order valence-electron chi connectivity index (χ3n) is 5.35. The van der Waals surface area contributed by atoms with Crippen LogP contribution in [0.25, 0.3) is 10.9 Å². The van der Waals surface area contributed by atoms with E-state index >= 15 is 0 Å². The van der Waals surface area contributed by atoms with Crippen LogP contribution in [0.2, 0.25) is 0 Å². The molecule has 0 spiro atoms. The molecule has 0 aliphatic carbocycles. The zero-order chi connectivity index (χ0) is 20.0. The van der Waals surface area contributed by atoms with E-state index in [0.29, 0.717) is 30.9 Å². The van der Waals surface area contributed by atoms with Gasteiger partial charge in [-0.15, -0.1) is 0 Å². The first-order valence-corrected chi connectivity index (χ1v) is 10.1. The number of amides is 2. The third-order valence-corrected chi connectivity index (χ3v) is 6.01. The molecular formula is C20H22BrN5O2. The number of para-hydroxylation sites is 1. The highest BCUT2D eigenvalue weighted by Crippen LogP contribution is 2.27. The van der Waals surface area contributed by atoms with E-state index in [4.69, 9.17) is 0 Å². The fourth-order valence-corrected chi connectivity index (χ4v) is 3.93. The van der Waals surface area contributed by atoms with Crippen molar-refractivity contribution in [2.45, 2.75) is 32.9 Å². The molecule has 8 heteroatoms. The molecule has 0 unspecified atom stereocenters. The van der Waals surface area contributed by atoms with E-state index < -0.39 is 0 Å². The molecule has 1 aromatic carbocycles. The van der Waals surface area contributed by atoms with Gasteiger partial charge in [0.25, 0.3) is 11.8 Å². The molecule has 0 bridgehead atoms. The van der Waals surface area contributed by atoms with E-state index in [9.17, 15) is 9.59 Å². The summed E-state index contributed by atoms with van der Waals surface area (Å²) in [5, 5.41) is 8.21. The van der Waals surface area contributed by atoms with Gasteiger partial charge in [-0.05, 0) is 41.9 Å². The molecular weight excluding hydrogens is 422 g/mol. The Morgan fingerprint density at radius 1 is 1.32 bits per heavy atom. The Balaban J connectivity index is 1.61. The first kappa shape index (κ1) is 18.7. The molecule has 7 nitrogen and oxygen atoms in total. The molecule has 0 atom stereocenters. The van der Waals surface area contributed by atoms with Crippen molar-refractivity contribution in [1.82, 2.24) is 25.0 Å². The van der Waals surface area contributed by atoms with Crippen molar-refractivity contribution < 1.29 is 9.59 Å². The number of aromatic amines is 2. The number of nitrogens with one attached hydrogen (secondary N) is 2. The first-order valence-electron chi connectivity index (χ1n) is 9.26. The summed E-state index contributed by atoms with van der Waals surface area (Å²) in [6, 6.07) is 7.79. The Labute approximate surface area is 171 Å². The Bertz CT molecular complexity index is 1070. The number of carbonyl (C=O) groups excluding carboxylic acids is 2. The van der Waals surface area contributed by atoms with Gasteiger partial charge in [0.05, 0.1) is 12.1 Å². The smallest absolute Gasteiger partial charge is 0.274 e. The van der Waals surface area contributed by atoms with Crippen molar-refractivity contribution in [3.8, 4) is 0 Å². The first-order chi connectivity index (χ1) is 13.4. The predicted molar refractivity (Wildman–Crippen MR) is 110 cm³/mol. The minimum atomic E-state index is -0.128. The summed E-state index contributed by atoms with van der Waals surface area (Å²) in [7, 11) is 1.77. The molecule has 4 rings (SSSR count). The van der Waals surface area contributed by atoms with Gasteiger partial charge in [-0.25, -0.2) is 0 Å². The number of rotatable bonds is 3. The van der Waals surface area contributed by atoms with Crippen LogP contribution in [-0.2, 0) is 13.0 Å². The van der Waals surface area contributed by atoms with Crippen LogP contribution in [0, 0.1) is 0 Å². The second kappa shape index (κ2) is 7.09. The fourth-order valence-electron chi connectivity index (χ4n) is 3.45. The van der Waals surface area contributed by atoms with Crippen LogP contribution >= 0.6 is 15.9 Å². The summed E-state index contributed by atoms with van der Waals surface area (Å²) in [6.07, 6.45) is 0.649. The summed E-state index contributed by atoms with van der Waals surface area (Å²) < 4.78 is 0.921. The quantitative estimate of drug-likeness (QED) is 0.650. The van der Waals surface area contributed by atoms with Crippen LogP contribution in [0.4, 0.5) is 0 Å². The number of halogens is 1. The standard InChI is InChI=1S/C20H22BrN5O2/c1-11(2)25(3)20(28)18-13-10-26(8-7-15(13)23-24-18)19(27)16-9-12-5-4-6-14(21)17(12)22-16/h4-6,9,11,22H,7-8,10H2,1-3H3,(H,23,24). The highest BCUT2D eigenvalue weighted by molar-refractivity contribution is 9.10. The molecule has 146 valence electrons. The van der Waals surface area contributed by atoms with Gasteiger partial charge in [-0.3, -0.25) is 14.7 Å². The van der Waals surface area contributed by atoms with Crippen molar-refractivity contribution in [2.24, 2.45) is 0 Å². The van der Waals surface area contributed by atoms with Crippen LogP contribution in [0.15, 0.2) is 28.7 Å². The summed E-state index contributed by atoms with van der Waals surface area (Å²) in [4.78, 5) is 32.5. The maximum absolute atomic E-state index is 13.1. The molecule has 0 saturated heterocycles. The number of nitrogens with zero attached hydrogens (tertiary/aromatic N) is 3. The lowest BCUT2D eigenvalue weighted by atomic mass is 10.0. The molecule has 3 aromatic rings. The summed E-state index contributed by atoms with van der Waals surface area (Å²) >= 11 is 3.51. The Morgan fingerprint density at radius 3 is 2.82 bits per heavy atom. The second-order valence-electron chi connectivity index (χ2n) is 7.40. The minimum absolute atomic E-state index is 0.0750. The molecule has 0 radical (unpaired) electrons. The molecule has 28 heavy (non-hydrogen) atoms. The largest absolute Gasteiger partial charge is 0.350 e. The lowest BCUT2D eigenvalue weighted by molar-refractivity contribution is 0.0709. The van der Waals surface area contributed by atoms with Gasteiger partial charge in [0.2, 0.25) is 0 Å². The van der Waals surface area contributed by atoms with Crippen LogP contribution in [0.5, 0.6) is 0 Å². The average molecular weight is 444 g/mol. The number of fused-ring (bicyclic) bond motifs is 2. The normalized spacial score (nSPS) is 13.8. The minimum Gasteiger partial charge on any atom is -0.350 e. The van der Waals surface area contributed by atoms with E-state index in [2.05, 4.69) is 31.1 Å². The molecule has 2 aromatic heterocycles. The van der Waals surface area contributed by atoms with Gasteiger partial charge in [0.1, 0.15) is 5.69 Å². The topological polar surface area (TPSA) is 85.1 Å². The van der Waals surface area contributed by atoms with E-state index in [1.807, 2.05) is 38.1 Å². The molecule has 1 aliphatic rings. The van der Waals surface area contributed by atoms with Crippen LogP contribution in [-0.4, -0.2) is 56.4 Å². The number of aromatic nitrogens is 3. The second-order valence-corrected chi connectivity index (χ2v) is 8.26. The van der Waals surface area contributed by atoms with E-state index in [1.165, 1.54) is 0 Å². The van der Waals surface area contributed by atoms with Crippen LogP contribution in [0.3, 0.4) is 0 Å². The Kier molecular flexibility index (Phi) is 4.74. The molecule has 2 amide bonds. The van der Waals surface area contributed by atoms with Crippen molar-refractivity contribution in [3.05, 3.63) is 51.4 Å². The monoisotopic (exact) mass is 443 g/mol. The average Bonchev–Trinajstić information content (AvgIpc) is 3.30. The molecule has 1 aliphatic heterocycles. The molecule has 0 saturated carbocycles. The maximum Gasteiger partial charge on any atom is 0.274 e. The highest BCUT2D eigenvalue weighted by atomic mass is 79.9. The summed E-state index contributed by atoms with van der Waals surface area (Å²) in [5.41, 5.74) is 3.60. The maximum atomic E-state index is 13.1. The third kappa shape index (κ3) is 3.11. The number of hydrogen-bond acceptors (Lipinski definition) is 3. The molecule has 2 N–H and O–H groups in total. The Morgan fingerprint density at radius 2 is 2.11 bits per heavy atom. The van der Waals surface area contributed by atoms with Gasteiger partial charge < -0.3 is 14.8 Å². The van der Waals surface area contributed by atoms with Gasteiger partial charge in [0.15, 0.2) is 5.69 Å². The van der Waals surface area contributed by atoms with Gasteiger partial charge in [-0.2, -0.15) is 5.10 Å². The van der Waals surface area contributed by atoms with E-state index in [1.54, 1.807) is 16.8 Å². The van der Waals surface area contributed by atoms with Crippen molar-refractivity contribution in [2.75, 3.05) is 13.6 Å². The number of benzene rings is 1. The van der Waals surface area contributed by atoms with Crippen molar-refractivity contribution >= 4 is 38.6 Å². The SMILES string of the molecule is CC(C)N(C)C(=O)c1n[nH]c2c1CN(C(=O)c1cc3cccc(Br)c3[nH]1)CC2. The predicted octanol–water partition coefficient (Wildman–Crippen LogP) is 3.33.